The monoisotopic (exact) mass is 909 g/mol. The average Bonchev–Trinajstić information content (AvgIpc) is 4.04. The van der Waals surface area contributed by atoms with Crippen molar-refractivity contribution in [1.29, 1.82) is 0 Å². The van der Waals surface area contributed by atoms with E-state index in [9.17, 15) is 0 Å². The van der Waals surface area contributed by atoms with Crippen LogP contribution in [0.5, 0.6) is 0 Å². The molecule has 0 radical (unpaired) electrons. The van der Waals surface area contributed by atoms with E-state index in [1.165, 1.54) is 27.8 Å². The Hall–Kier alpha value is -9.33. The number of fused-ring (bicyclic) bond motifs is 9. The molecule has 14 rings (SSSR count). The summed E-state index contributed by atoms with van der Waals surface area (Å²) in [4.78, 5) is 26.4. The summed E-state index contributed by atoms with van der Waals surface area (Å²) in [5, 5.41) is 3.20. The zero-order valence-electron chi connectivity index (χ0n) is 39.0. The molecule has 0 unspecified atom stereocenters. The number of rotatable bonds is 7. The van der Waals surface area contributed by atoms with E-state index in [1.807, 2.05) is 66.7 Å². The molecule has 0 fully saturated rings. The van der Waals surface area contributed by atoms with Gasteiger partial charge in [-0.1, -0.05) is 202 Å². The topological polar surface area (TPSA) is 74.3 Å². The molecule has 71 heavy (non-hydrogen) atoms. The lowest BCUT2D eigenvalue weighted by Gasteiger charge is -2.21. The van der Waals surface area contributed by atoms with Gasteiger partial charge in [-0.15, -0.1) is 0 Å². The summed E-state index contributed by atoms with van der Waals surface area (Å²) in [5.41, 5.74) is 18.0. The van der Waals surface area contributed by atoms with Crippen molar-refractivity contribution >= 4 is 43.7 Å². The fraction of sp³-hybridized carbons (Fsp3) is 0.0469. The quantitative estimate of drug-likeness (QED) is 0.159. The highest BCUT2D eigenvalue weighted by Gasteiger charge is 2.36. The molecular formula is C64H43N7. The third kappa shape index (κ3) is 6.40. The van der Waals surface area contributed by atoms with Gasteiger partial charge in [-0.25, -0.2) is 15.0 Å². The van der Waals surface area contributed by atoms with Crippen LogP contribution in [-0.2, 0) is 5.41 Å². The molecule has 0 saturated carbocycles. The first-order valence-electron chi connectivity index (χ1n) is 24.1. The van der Waals surface area contributed by atoms with E-state index in [-0.39, 0.29) is 5.41 Å². The van der Waals surface area contributed by atoms with Crippen LogP contribution in [0.3, 0.4) is 0 Å². The second kappa shape index (κ2) is 15.9. The Morgan fingerprint density at radius 2 is 0.887 bits per heavy atom. The molecule has 334 valence electrons. The van der Waals surface area contributed by atoms with E-state index in [4.69, 9.17) is 24.9 Å². The number of nitrogens with zero attached hydrogens (tertiary/aromatic N) is 7. The van der Waals surface area contributed by atoms with Crippen molar-refractivity contribution in [2.24, 2.45) is 0 Å². The Balaban J connectivity index is 1.04. The third-order valence-electron chi connectivity index (χ3n) is 14.4. The Labute approximate surface area is 410 Å². The first-order valence-corrected chi connectivity index (χ1v) is 24.1. The summed E-state index contributed by atoms with van der Waals surface area (Å²) in [6.45, 7) is 4.68. The number of hydrogen-bond acceptors (Lipinski definition) is 5. The molecule has 1 aliphatic carbocycles. The van der Waals surface area contributed by atoms with Crippen LogP contribution < -0.4 is 0 Å². The molecule has 4 aromatic heterocycles. The van der Waals surface area contributed by atoms with E-state index in [1.54, 1.807) is 0 Å². The smallest absolute Gasteiger partial charge is 0.238 e. The minimum Gasteiger partial charge on any atom is -0.306 e. The highest BCUT2D eigenvalue weighted by Crippen LogP contribution is 2.52. The summed E-state index contributed by atoms with van der Waals surface area (Å²) in [6, 6.07) is 78.9. The standard InChI is InChI=1S/C64H43N7/c1-64(2)51-31-17-15-29-48(51)56-46(30-19-32-52(56)64)44-34-36-55-50(38-44)58-59(57(40-20-7-3-8-21-40)65-60(66-58)41-22-9-4-10-23-41)70(55)45-35-37-54-49(39-45)47-28-16-18-33-53(47)71(54)63-68-61(42-24-11-5-12-25-42)67-62(69-63)43-26-13-6-14-27-43/h3-39H,1-2H3. The van der Waals surface area contributed by atoms with Gasteiger partial charge in [0, 0.05) is 49.5 Å². The molecule has 4 heterocycles. The predicted molar refractivity (Wildman–Crippen MR) is 289 cm³/mol. The molecule has 7 nitrogen and oxygen atoms in total. The first-order chi connectivity index (χ1) is 35.0. The summed E-state index contributed by atoms with van der Waals surface area (Å²) in [5.74, 6) is 2.45. The van der Waals surface area contributed by atoms with E-state index in [2.05, 4.69) is 181 Å². The number of hydrogen-bond donors (Lipinski definition) is 0. The van der Waals surface area contributed by atoms with Crippen molar-refractivity contribution in [2.45, 2.75) is 19.3 Å². The van der Waals surface area contributed by atoms with E-state index in [0.29, 0.717) is 23.4 Å². The summed E-state index contributed by atoms with van der Waals surface area (Å²) >= 11 is 0. The molecule has 0 N–H and O–H groups in total. The van der Waals surface area contributed by atoms with Crippen molar-refractivity contribution in [3.8, 4) is 79.3 Å². The minimum atomic E-state index is -0.121. The van der Waals surface area contributed by atoms with Gasteiger partial charge in [0.05, 0.1) is 27.8 Å². The molecular weight excluding hydrogens is 867 g/mol. The molecule has 9 aromatic carbocycles. The van der Waals surface area contributed by atoms with Crippen LogP contribution in [0.15, 0.2) is 224 Å². The zero-order chi connectivity index (χ0) is 47.2. The number of aromatic nitrogens is 7. The van der Waals surface area contributed by atoms with Gasteiger partial charge in [0.15, 0.2) is 17.5 Å². The van der Waals surface area contributed by atoms with Gasteiger partial charge in [-0.05, 0) is 69.8 Å². The molecule has 0 atom stereocenters. The Bertz CT molecular complexity index is 4180. The lowest BCUT2D eigenvalue weighted by atomic mass is 9.82. The van der Waals surface area contributed by atoms with Crippen LogP contribution >= 0.6 is 0 Å². The van der Waals surface area contributed by atoms with Crippen molar-refractivity contribution in [3.05, 3.63) is 236 Å². The second-order valence-electron chi connectivity index (χ2n) is 18.9. The Morgan fingerprint density at radius 1 is 0.352 bits per heavy atom. The van der Waals surface area contributed by atoms with Crippen LogP contribution in [0.4, 0.5) is 0 Å². The summed E-state index contributed by atoms with van der Waals surface area (Å²) < 4.78 is 4.55. The Morgan fingerprint density at radius 3 is 1.58 bits per heavy atom. The zero-order valence-corrected chi connectivity index (χ0v) is 39.0. The maximum atomic E-state index is 5.54. The highest BCUT2D eigenvalue weighted by molar-refractivity contribution is 6.14. The van der Waals surface area contributed by atoms with Crippen molar-refractivity contribution in [3.63, 3.8) is 0 Å². The van der Waals surface area contributed by atoms with Crippen molar-refractivity contribution in [2.75, 3.05) is 0 Å². The van der Waals surface area contributed by atoms with Gasteiger partial charge in [0.25, 0.3) is 0 Å². The average molecular weight is 910 g/mol. The molecule has 1 aliphatic rings. The maximum Gasteiger partial charge on any atom is 0.238 e. The predicted octanol–water partition coefficient (Wildman–Crippen LogP) is 15.5. The van der Waals surface area contributed by atoms with E-state index >= 15 is 0 Å². The summed E-state index contributed by atoms with van der Waals surface area (Å²) in [7, 11) is 0. The fourth-order valence-electron chi connectivity index (χ4n) is 11.1. The molecule has 0 spiro atoms. The molecule has 0 amide bonds. The van der Waals surface area contributed by atoms with Gasteiger partial charge in [0.2, 0.25) is 5.95 Å². The second-order valence-corrected chi connectivity index (χ2v) is 18.9. The minimum absolute atomic E-state index is 0.121. The molecule has 0 aliphatic heterocycles. The third-order valence-corrected chi connectivity index (χ3v) is 14.4. The van der Waals surface area contributed by atoms with Gasteiger partial charge in [-0.2, -0.15) is 9.97 Å². The Kier molecular flexibility index (Phi) is 9.10. The van der Waals surface area contributed by atoms with Gasteiger partial charge < -0.3 is 4.57 Å². The van der Waals surface area contributed by atoms with Crippen LogP contribution in [0, 0.1) is 0 Å². The highest BCUT2D eigenvalue weighted by atomic mass is 15.2. The van der Waals surface area contributed by atoms with Crippen LogP contribution in [0.2, 0.25) is 0 Å². The fourth-order valence-corrected chi connectivity index (χ4v) is 11.1. The van der Waals surface area contributed by atoms with Gasteiger partial charge in [0.1, 0.15) is 5.52 Å². The molecule has 13 aromatic rings. The largest absolute Gasteiger partial charge is 0.306 e. The lowest BCUT2D eigenvalue weighted by Crippen LogP contribution is -2.14. The number of para-hydroxylation sites is 1. The molecule has 7 heteroatoms. The summed E-state index contributed by atoms with van der Waals surface area (Å²) in [6.07, 6.45) is 0. The molecule has 0 saturated heterocycles. The van der Waals surface area contributed by atoms with E-state index in [0.717, 1.165) is 82.9 Å². The lowest BCUT2D eigenvalue weighted by molar-refractivity contribution is 0.660. The van der Waals surface area contributed by atoms with Crippen LogP contribution in [0.25, 0.3) is 123 Å². The van der Waals surface area contributed by atoms with Gasteiger partial charge >= 0.3 is 0 Å². The number of benzene rings is 9. The molecule has 0 bridgehead atoms. The first kappa shape index (κ1) is 40.7. The van der Waals surface area contributed by atoms with Crippen molar-refractivity contribution < 1.29 is 0 Å². The maximum absolute atomic E-state index is 5.54. The van der Waals surface area contributed by atoms with Gasteiger partial charge in [-0.3, -0.25) is 4.57 Å². The van der Waals surface area contributed by atoms with Crippen LogP contribution in [0.1, 0.15) is 25.0 Å². The normalized spacial score (nSPS) is 12.8. The van der Waals surface area contributed by atoms with Crippen molar-refractivity contribution in [1.82, 2.24) is 34.1 Å². The van der Waals surface area contributed by atoms with E-state index < -0.39 is 0 Å². The van der Waals surface area contributed by atoms with Crippen LogP contribution in [-0.4, -0.2) is 34.1 Å². The SMILES string of the molecule is CC1(C)c2ccccc2-c2c(-c3ccc4c(c3)c3nc(-c5ccccc5)nc(-c5ccccc5)c3n4-c3ccc4c(c3)c3ccccc3n4-c3nc(-c4ccccc4)nc(-c4ccccc4)n3)cccc21.